The Kier molecular flexibility index (Phi) is 7.98. The van der Waals surface area contributed by atoms with Crippen molar-refractivity contribution in [1.29, 1.82) is 0 Å². The van der Waals surface area contributed by atoms with Gasteiger partial charge in [0, 0.05) is 35.7 Å². The number of rotatable bonds is 7. The van der Waals surface area contributed by atoms with Crippen LogP contribution in [0.15, 0.2) is 164 Å². The van der Waals surface area contributed by atoms with Crippen LogP contribution in [0.4, 0.5) is 0 Å². The van der Waals surface area contributed by atoms with Crippen LogP contribution in [0.1, 0.15) is 34.1 Å². The first kappa shape index (κ1) is 37.0. The first-order valence-corrected chi connectivity index (χ1v) is 22.8. The molecule has 0 saturated heterocycles. The lowest BCUT2D eigenvalue weighted by Gasteiger charge is -2.17. The minimum atomic E-state index is 0.0518. The van der Waals surface area contributed by atoms with Crippen molar-refractivity contribution in [2.24, 2.45) is 0 Å². The second-order valence-electron chi connectivity index (χ2n) is 18.2. The van der Waals surface area contributed by atoms with Gasteiger partial charge in [-0.05, 0) is 105 Å². The normalized spacial score (nSPS) is 15.7. The molecule has 0 spiro atoms. The zero-order chi connectivity index (χ0) is 42.9. The van der Waals surface area contributed by atoms with Gasteiger partial charge >= 0.3 is 0 Å². The van der Waals surface area contributed by atoms with E-state index >= 15 is 0 Å². The molecule has 7 nitrogen and oxygen atoms in total. The second-order valence-corrected chi connectivity index (χ2v) is 18.2. The molecule has 0 saturated carbocycles. The summed E-state index contributed by atoms with van der Waals surface area (Å²) in [6, 6.07) is 59.8. The molecule has 2 N–H and O–H groups in total. The number of hydrogen-bond acceptors (Lipinski definition) is 6. The predicted octanol–water partition coefficient (Wildman–Crippen LogP) is 6.02. The maximum absolute atomic E-state index is 4.62. The molecule has 2 unspecified atom stereocenters. The van der Waals surface area contributed by atoms with Gasteiger partial charge in [0.1, 0.15) is 0 Å². The van der Waals surface area contributed by atoms with E-state index in [0.29, 0.717) is 17.8 Å². The highest BCUT2D eigenvalue weighted by atomic mass is 15.3. The van der Waals surface area contributed by atoms with Crippen molar-refractivity contribution in [2.75, 3.05) is 27.2 Å². The Bertz CT molecular complexity index is 3420. The Morgan fingerprint density at radius 3 is 1.35 bits per heavy atom. The molecule has 2 atom stereocenters. The van der Waals surface area contributed by atoms with E-state index in [-0.39, 0.29) is 13.4 Å². The van der Waals surface area contributed by atoms with Gasteiger partial charge in [0.15, 0.2) is 6.33 Å². The van der Waals surface area contributed by atoms with Gasteiger partial charge < -0.3 is 10.6 Å². The average Bonchev–Trinajstić information content (AvgIpc) is 4.12. The Morgan fingerprint density at radius 2 is 0.877 bits per heavy atom. The van der Waals surface area contributed by atoms with E-state index in [1.807, 2.05) is 0 Å². The maximum atomic E-state index is 4.62. The van der Waals surface area contributed by atoms with Crippen LogP contribution in [0.3, 0.4) is 0 Å². The van der Waals surface area contributed by atoms with Crippen LogP contribution < -0.4 is 43.4 Å². The van der Waals surface area contributed by atoms with Crippen LogP contribution in [0.2, 0.25) is 0 Å². The summed E-state index contributed by atoms with van der Waals surface area (Å²) < 4.78 is 2.19. The van der Waals surface area contributed by atoms with Crippen molar-refractivity contribution in [1.82, 2.24) is 35.6 Å². The van der Waals surface area contributed by atoms with E-state index in [1.54, 1.807) is 0 Å². The number of nitrogens with one attached hydrogen (secondary N) is 2. The van der Waals surface area contributed by atoms with Gasteiger partial charge in [-0.15, -0.1) is 20.4 Å². The summed E-state index contributed by atoms with van der Waals surface area (Å²) in [4.78, 5) is 0. The summed E-state index contributed by atoms with van der Waals surface area (Å²) in [7, 11) is 4.12. The Labute approximate surface area is 377 Å². The summed E-state index contributed by atoms with van der Waals surface area (Å²) in [6.07, 6.45) is 1.41. The van der Waals surface area contributed by atoms with Crippen LogP contribution in [0.5, 0.6) is 0 Å². The van der Waals surface area contributed by atoms with Gasteiger partial charge in [0.2, 0.25) is 13.4 Å². The molecule has 4 aliphatic rings. The summed E-state index contributed by atoms with van der Waals surface area (Å²) in [5, 5.41) is 27.0. The maximum Gasteiger partial charge on any atom is 0.273 e. The SMILES string of the molecule is CNCC1c2ccccc2-c2cc3c(cc21)B(c1ccc2c4ccc(B5c6ccccc6-c6cc7c(cc65)C(CNC)c5ccccc5-7)cc4n(-c4nncnn4)c2c1)c1ccccc1-3. The minimum Gasteiger partial charge on any atom is -0.319 e. The second kappa shape index (κ2) is 14.0. The van der Waals surface area contributed by atoms with E-state index in [4.69, 9.17) is 0 Å². The van der Waals surface area contributed by atoms with Crippen molar-refractivity contribution in [2.45, 2.75) is 11.8 Å². The molecule has 0 amide bonds. The van der Waals surface area contributed by atoms with Crippen molar-refractivity contribution in [3.05, 3.63) is 186 Å². The smallest absolute Gasteiger partial charge is 0.273 e. The zero-order valence-corrected chi connectivity index (χ0v) is 36.0. The summed E-state index contributed by atoms with van der Waals surface area (Å²) in [5.41, 5.74) is 26.1. The molecule has 9 heteroatoms. The lowest BCUT2D eigenvalue weighted by molar-refractivity contribution is 0.720. The van der Waals surface area contributed by atoms with Crippen LogP contribution in [-0.2, 0) is 0 Å². The minimum absolute atomic E-state index is 0.0518. The monoisotopic (exact) mass is 833 g/mol. The van der Waals surface area contributed by atoms with E-state index in [2.05, 4.69) is 207 Å². The zero-order valence-electron chi connectivity index (χ0n) is 36.0. The summed E-state index contributed by atoms with van der Waals surface area (Å²) >= 11 is 0. The van der Waals surface area contributed by atoms with E-state index in [1.165, 1.54) is 106 Å². The van der Waals surface area contributed by atoms with Crippen molar-refractivity contribution >= 4 is 68.0 Å². The first-order chi connectivity index (χ1) is 32.2. The molecule has 2 aromatic heterocycles. The van der Waals surface area contributed by atoms with Crippen LogP contribution >= 0.6 is 0 Å². The summed E-state index contributed by atoms with van der Waals surface area (Å²) in [5.74, 6) is 1.04. The van der Waals surface area contributed by atoms with Crippen LogP contribution in [0, 0.1) is 0 Å². The van der Waals surface area contributed by atoms with E-state index in [0.717, 1.165) is 34.9 Å². The lowest BCUT2D eigenvalue weighted by Crippen LogP contribution is -2.49. The molecule has 0 bridgehead atoms. The number of aromatic nitrogens is 5. The third kappa shape index (κ3) is 5.16. The van der Waals surface area contributed by atoms with E-state index in [9.17, 15) is 0 Å². The summed E-state index contributed by atoms with van der Waals surface area (Å²) in [6.45, 7) is 1.88. The molecule has 8 aromatic carbocycles. The third-order valence-electron chi connectivity index (χ3n) is 15.1. The molecule has 4 heterocycles. The number of hydrogen-bond donors (Lipinski definition) is 2. The Balaban J connectivity index is 0.955. The fourth-order valence-electron chi connectivity index (χ4n) is 12.5. The van der Waals surface area contributed by atoms with Crippen LogP contribution in [0.25, 0.3) is 72.3 Å². The molecule has 65 heavy (non-hydrogen) atoms. The third-order valence-corrected chi connectivity index (χ3v) is 15.1. The lowest BCUT2D eigenvalue weighted by atomic mass is 9.38. The van der Waals surface area contributed by atoms with Crippen LogP contribution in [-0.4, -0.2) is 65.6 Å². The first-order valence-electron chi connectivity index (χ1n) is 22.8. The van der Waals surface area contributed by atoms with Crippen molar-refractivity contribution < 1.29 is 0 Å². The van der Waals surface area contributed by atoms with Crippen molar-refractivity contribution in [3.63, 3.8) is 0 Å². The van der Waals surface area contributed by atoms with Crippen molar-refractivity contribution in [3.8, 4) is 50.5 Å². The molecule has 0 radical (unpaired) electrons. The highest BCUT2D eigenvalue weighted by Gasteiger charge is 2.40. The Morgan fingerprint density at radius 1 is 0.431 bits per heavy atom. The quantitative estimate of drug-likeness (QED) is 0.192. The predicted molar refractivity (Wildman–Crippen MR) is 267 cm³/mol. The molecular formula is C56H41B2N7. The van der Waals surface area contributed by atoms with Gasteiger partial charge in [-0.2, -0.15) is 0 Å². The molecule has 0 fully saturated rings. The van der Waals surface area contributed by atoms with Gasteiger partial charge in [-0.1, -0.05) is 166 Å². The number of nitrogens with zero attached hydrogens (tertiary/aromatic N) is 5. The average molecular weight is 834 g/mol. The number of fused-ring (bicyclic) bond motifs is 15. The van der Waals surface area contributed by atoms with Gasteiger partial charge in [-0.3, -0.25) is 4.57 Å². The molecule has 306 valence electrons. The Hall–Kier alpha value is -7.45. The van der Waals surface area contributed by atoms with Gasteiger partial charge in [0.05, 0.1) is 11.0 Å². The van der Waals surface area contributed by atoms with Gasteiger partial charge in [-0.25, -0.2) is 0 Å². The number of likely N-dealkylation sites (N-methyl/N-ethyl adjacent to an activating group) is 2. The highest BCUT2D eigenvalue weighted by Crippen LogP contribution is 2.48. The van der Waals surface area contributed by atoms with E-state index < -0.39 is 0 Å². The standard InChI is InChI=1S/C56H41B2N7/c1-59-29-48-36-13-5-3-11-34(36)42-25-46-38-15-7-9-17-50(38)57(52(46)27-44(42)48)32-19-21-40-41-22-20-33(24-55(41)65(54(40)23-32)56-63-61-31-62-64-56)58-51-18-10-8-16-39(51)47-26-43-35-12-4-6-14-37(35)49(30-60-2)45(43)28-53(47)58/h3-28,31,48-49,59-60H,29-30H2,1-2H3. The fraction of sp³-hybridized carbons (Fsp3) is 0.107. The topological polar surface area (TPSA) is 80.5 Å². The molecule has 2 aliphatic carbocycles. The van der Waals surface area contributed by atoms with Gasteiger partial charge in [0.25, 0.3) is 5.95 Å². The molecule has 2 aliphatic heterocycles. The molecular weight excluding hydrogens is 792 g/mol. The molecule has 14 rings (SSSR count). The fourth-order valence-corrected chi connectivity index (χ4v) is 12.5. The molecule has 10 aromatic rings. The number of benzene rings is 8. The largest absolute Gasteiger partial charge is 0.319 e. The highest BCUT2D eigenvalue weighted by molar-refractivity contribution is 7.00.